The number of carbonyl (C=O) groups is 1. The summed E-state index contributed by atoms with van der Waals surface area (Å²) in [6.07, 6.45) is 0. The van der Waals surface area contributed by atoms with Gasteiger partial charge in [-0.1, -0.05) is 30.3 Å². The molecule has 0 aliphatic rings. The number of aromatic nitrogens is 2. The maximum atomic E-state index is 12.3. The van der Waals surface area contributed by atoms with Crippen LogP contribution in [0, 0.1) is 0 Å². The summed E-state index contributed by atoms with van der Waals surface area (Å²) >= 11 is 0. The van der Waals surface area contributed by atoms with Crippen LogP contribution in [0.5, 0.6) is 0 Å². The minimum absolute atomic E-state index is 0.0807. The van der Waals surface area contributed by atoms with Crippen LogP contribution >= 0.6 is 0 Å². The molecule has 0 bridgehead atoms. The molecule has 0 radical (unpaired) electrons. The van der Waals surface area contributed by atoms with Gasteiger partial charge >= 0.3 is 0 Å². The monoisotopic (exact) mass is 293 g/mol. The van der Waals surface area contributed by atoms with Crippen LogP contribution in [-0.2, 0) is 6.54 Å². The van der Waals surface area contributed by atoms with Gasteiger partial charge in [-0.2, -0.15) is 0 Å². The Kier molecular flexibility index (Phi) is 3.92. The third kappa shape index (κ3) is 2.60. The predicted molar refractivity (Wildman–Crippen MR) is 87.7 cm³/mol. The minimum Gasteiger partial charge on any atom is -0.342 e. The zero-order valence-corrected chi connectivity index (χ0v) is 12.8. The molecule has 4 heteroatoms. The van der Waals surface area contributed by atoms with Crippen molar-refractivity contribution in [2.75, 3.05) is 0 Å². The van der Waals surface area contributed by atoms with Crippen molar-refractivity contribution in [1.82, 2.24) is 14.9 Å². The first-order valence-corrected chi connectivity index (χ1v) is 7.51. The zero-order chi connectivity index (χ0) is 15.5. The van der Waals surface area contributed by atoms with E-state index in [1.54, 1.807) is 0 Å². The highest BCUT2D eigenvalue weighted by Crippen LogP contribution is 2.20. The van der Waals surface area contributed by atoms with Crippen LogP contribution in [0.25, 0.3) is 11.0 Å². The molecule has 0 aliphatic carbocycles. The molecule has 0 saturated heterocycles. The van der Waals surface area contributed by atoms with E-state index in [-0.39, 0.29) is 11.9 Å². The molecule has 0 aliphatic heterocycles. The second-order valence-corrected chi connectivity index (χ2v) is 5.26. The first kappa shape index (κ1) is 14.3. The Morgan fingerprint density at radius 3 is 2.55 bits per heavy atom. The summed E-state index contributed by atoms with van der Waals surface area (Å²) in [6, 6.07) is 17.1. The summed E-state index contributed by atoms with van der Waals surface area (Å²) in [7, 11) is 0. The first-order chi connectivity index (χ1) is 10.7. The number of fused-ring (bicyclic) bond motifs is 1. The van der Waals surface area contributed by atoms with Gasteiger partial charge in [-0.05, 0) is 38.1 Å². The lowest BCUT2D eigenvalue weighted by Crippen LogP contribution is -2.28. The van der Waals surface area contributed by atoms with Gasteiger partial charge in [0.1, 0.15) is 5.82 Å². The molecule has 0 unspecified atom stereocenters. The van der Waals surface area contributed by atoms with E-state index in [0.29, 0.717) is 5.56 Å². The van der Waals surface area contributed by atoms with E-state index in [0.717, 1.165) is 23.4 Å². The van der Waals surface area contributed by atoms with Gasteiger partial charge in [0.15, 0.2) is 0 Å². The summed E-state index contributed by atoms with van der Waals surface area (Å²) < 4.78 is 2.14. The van der Waals surface area contributed by atoms with Crippen molar-refractivity contribution in [2.45, 2.75) is 26.4 Å². The smallest absolute Gasteiger partial charge is 0.251 e. The summed E-state index contributed by atoms with van der Waals surface area (Å²) in [5.74, 6) is 0.802. The molecule has 4 nitrogen and oxygen atoms in total. The molecule has 2 aromatic carbocycles. The molecule has 3 aromatic rings. The fraction of sp³-hybridized carbons (Fsp3) is 0.222. The number of imidazole rings is 1. The van der Waals surface area contributed by atoms with Crippen molar-refractivity contribution in [3.8, 4) is 0 Å². The van der Waals surface area contributed by atoms with Gasteiger partial charge in [0.25, 0.3) is 5.91 Å². The van der Waals surface area contributed by atoms with E-state index in [1.165, 1.54) is 0 Å². The number of nitrogens with zero attached hydrogens (tertiary/aromatic N) is 2. The van der Waals surface area contributed by atoms with E-state index < -0.39 is 0 Å². The molecule has 1 aromatic heterocycles. The Hall–Kier alpha value is -2.62. The average Bonchev–Trinajstić information content (AvgIpc) is 2.94. The van der Waals surface area contributed by atoms with Crippen molar-refractivity contribution in [3.05, 3.63) is 66.0 Å². The molecule has 1 atom stereocenters. The van der Waals surface area contributed by atoms with Crippen LogP contribution in [0.1, 0.15) is 36.1 Å². The van der Waals surface area contributed by atoms with E-state index in [4.69, 9.17) is 0 Å². The molecule has 1 N–H and O–H groups in total. The number of hydrogen-bond donors (Lipinski definition) is 1. The molecular weight excluding hydrogens is 274 g/mol. The maximum absolute atomic E-state index is 12.3. The van der Waals surface area contributed by atoms with Gasteiger partial charge in [0, 0.05) is 12.1 Å². The number of para-hydroxylation sites is 2. The highest BCUT2D eigenvalue weighted by Gasteiger charge is 2.18. The number of hydrogen-bond acceptors (Lipinski definition) is 2. The standard InChI is InChI=1S/C18H19N3O/c1-3-21-16-12-8-7-11-15(16)20-17(21)13(2)19-18(22)14-9-5-4-6-10-14/h4-13H,3H2,1-2H3,(H,19,22)/t13-/m0/s1. The van der Waals surface area contributed by atoms with Crippen molar-refractivity contribution in [2.24, 2.45) is 0 Å². The summed E-state index contributed by atoms with van der Waals surface area (Å²) in [5, 5.41) is 3.03. The first-order valence-electron chi connectivity index (χ1n) is 7.51. The van der Waals surface area contributed by atoms with Gasteiger partial charge in [0.05, 0.1) is 17.1 Å². The molecule has 112 valence electrons. The molecule has 0 fully saturated rings. The Morgan fingerprint density at radius 1 is 1.14 bits per heavy atom. The summed E-state index contributed by atoms with van der Waals surface area (Å²) in [5.41, 5.74) is 2.72. The average molecular weight is 293 g/mol. The lowest BCUT2D eigenvalue weighted by atomic mass is 10.2. The fourth-order valence-corrected chi connectivity index (χ4v) is 2.69. The molecule has 1 amide bonds. The van der Waals surface area contributed by atoms with Gasteiger partial charge < -0.3 is 9.88 Å². The van der Waals surface area contributed by atoms with Crippen LogP contribution < -0.4 is 5.32 Å². The Balaban J connectivity index is 1.89. The SMILES string of the molecule is CCn1c([C@H](C)NC(=O)c2ccccc2)nc2ccccc21. The Bertz CT molecular complexity index is 792. The van der Waals surface area contributed by atoms with Gasteiger partial charge in [-0.25, -0.2) is 4.98 Å². The number of carbonyl (C=O) groups excluding carboxylic acids is 1. The predicted octanol–water partition coefficient (Wildman–Crippen LogP) is 3.55. The van der Waals surface area contributed by atoms with Crippen LogP contribution in [0.3, 0.4) is 0 Å². The normalized spacial score (nSPS) is 12.3. The number of amides is 1. The molecule has 1 heterocycles. The van der Waals surface area contributed by atoms with Gasteiger partial charge in [-0.15, -0.1) is 0 Å². The highest BCUT2D eigenvalue weighted by molar-refractivity contribution is 5.94. The molecule has 3 rings (SSSR count). The minimum atomic E-state index is -0.153. The third-order valence-corrected chi connectivity index (χ3v) is 3.77. The van der Waals surface area contributed by atoms with E-state index in [2.05, 4.69) is 27.9 Å². The largest absolute Gasteiger partial charge is 0.342 e. The summed E-state index contributed by atoms with van der Waals surface area (Å²) in [4.78, 5) is 17.0. The maximum Gasteiger partial charge on any atom is 0.251 e. The second kappa shape index (κ2) is 6.02. The quantitative estimate of drug-likeness (QED) is 0.799. The zero-order valence-electron chi connectivity index (χ0n) is 12.8. The number of aryl methyl sites for hydroxylation is 1. The molecular formula is C18H19N3O. The van der Waals surface area contributed by atoms with Crippen LogP contribution in [0.15, 0.2) is 54.6 Å². The van der Waals surface area contributed by atoms with E-state index in [9.17, 15) is 4.79 Å². The molecule has 0 spiro atoms. The number of benzene rings is 2. The number of rotatable bonds is 4. The highest BCUT2D eigenvalue weighted by atomic mass is 16.1. The molecule has 22 heavy (non-hydrogen) atoms. The lowest BCUT2D eigenvalue weighted by Gasteiger charge is -2.15. The van der Waals surface area contributed by atoms with Crippen molar-refractivity contribution < 1.29 is 4.79 Å². The van der Waals surface area contributed by atoms with Gasteiger partial charge in [-0.3, -0.25) is 4.79 Å². The second-order valence-electron chi connectivity index (χ2n) is 5.26. The lowest BCUT2D eigenvalue weighted by molar-refractivity contribution is 0.0937. The van der Waals surface area contributed by atoms with E-state index >= 15 is 0 Å². The third-order valence-electron chi connectivity index (χ3n) is 3.77. The Labute approximate surface area is 129 Å². The van der Waals surface area contributed by atoms with Crippen molar-refractivity contribution in [3.63, 3.8) is 0 Å². The van der Waals surface area contributed by atoms with E-state index in [1.807, 2.05) is 55.5 Å². The summed E-state index contributed by atoms with van der Waals surface area (Å²) in [6.45, 7) is 4.87. The Morgan fingerprint density at radius 2 is 1.82 bits per heavy atom. The van der Waals surface area contributed by atoms with Crippen LogP contribution in [0.2, 0.25) is 0 Å². The topological polar surface area (TPSA) is 46.9 Å². The van der Waals surface area contributed by atoms with Crippen LogP contribution in [-0.4, -0.2) is 15.5 Å². The van der Waals surface area contributed by atoms with Crippen LogP contribution in [0.4, 0.5) is 0 Å². The van der Waals surface area contributed by atoms with Gasteiger partial charge in [0.2, 0.25) is 0 Å². The van der Waals surface area contributed by atoms with Crippen molar-refractivity contribution in [1.29, 1.82) is 0 Å². The number of nitrogens with one attached hydrogen (secondary N) is 1. The van der Waals surface area contributed by atoms with Crippen molar-refractivity contribution >= 4 is 16.9 Å². The molecule has 0 saturated carbocycles. The fourth-order valence-electron chi connectivity index (χ4n) is 2.69.